The van der Waals surface area contributed by atoms with Crippen LogP contribution in [0, 0.1) is 0 Å². The van der Waals surface area contributed by atoms with Crippen LogP contribution in [0.4, 0.5) is 0 Å². The Labute approximate surface area is 56.2 Å². The molecule has 1 saturated heterocycles. The van der Waals surface area contributed by atoms with Crippen molar-refractivity contribution in [2.24, 2.45) is 0 Å². The molecule has 9 heavy (non-hydrogen) atoms. The summed E-state index contributed by atoms with van der Waals surface area (Å²) < 4.78 is 10.3. The minimum Gasteiger partial charge on any atom is -0.355 e. The minimum absolute atomic E-state index is 0.476. The van der Waals surface area contributed by atoms with Crippen molar-refractivity contribution in [3.63, 3.8) is 0 Å². The van der Waals surface area contributed by atoms with Crippen LogP contribution in [-0.4, -0.2) is 19.5 Å². The number of hydrogen-bond donors (Lipinski definition) is 0. The largest absolute Gasteiger partial charge is 0.355 e. The summed E-state index contributed by atoms with van der Waals surface area (Å²) in [6, 6.07) is 0. The van der Waals surface area contributed by atoms with Gasteiger partial charge in [-0.1, -0.05) is 13.3 Å². The predicted octanol–water partition coefficient (Wildman–Crippen LogP) is 1.55. The number of rotatable bonds is 2. The molecule has 1 aliphatic heterocycles. The van der Waals surface area contributed by atoms with Gasteiger partial charge >= 0.3 is 0 Å². The Bertz CT molecular complexity index is 64.6. The van der Waals surface area contributed by atoms with E-state index in [9.17, 15) is 0 Å². The summed E-state index contributed by atoms with van der Waals surface area (Å²) in [7, 11) is 0. The molecule has 0 bridgehead atoms. The normalized spacial score (nSPS) is 28.3. The zero-order valence-electron chi connectivity index (χ0n) is 5.93. The third-order valence-electron chi connectivity index (χ3n) is 1.58. The predicted molar refractivity (Wildman–Crippen MR) is 35.2 cm³/mol. The molecule has 0 spiro atoms. The summed E-state index contributed by atoms with van der Waals surface area (Å²) in [6.07, 6.45) is 3.95. The van der Waals surface area contributed by atoms with E-state index in [1.54, 1.807) is 0 Å². The van der Waals surface area contributed by atoms with Gasteiger partial charge in [0.1, 0.15) is 6.79 Å². The van der Waals surface area contributed by atoms with Crippen molar-refractivity contribution in [2.75, 3.05) is 13.4 Å². The maximum absolute atomic E-state index is 5.30. The molecule has 1 unspecified atom stereocenters. The van der Waals surface area contributed by atoms with E-state index in [0.29, 0.717) is 12.9 Å². The van der Waals surface area contributed by atoms with Gasteiger partial charge in [-0.3, -0.25) is 0 Å². The summed E-state index contributed by atoms with van der Waals surface area (Å²) in [6.45, 7) is 3.56. The molecule has 1 atom stereocenters. The molecule has 0 aromatic heterocycles. The zero-order valence-corrected chi connectivity index (χ0v) is 5.93. The maximum Gasteiger partial charge on any atom is 0.147 e. The van der Waals surface area contributed by atoms with Crippen LogP contribution in [0.5, 0.6) is 0 Å². The first kappa shape index (κ1) is 7.03. The van der Waals surface area contributed by atoms with Gasteiger partial charge in [0.2, 0.25) is 0 Å². The molecule has 1 heterocycles. The molecule has 0 amide bonds. The highest BCUT2D eigenvalue weighted by atomic mass is 16.7. The lowest BCUT2D eigenvalue weighted by atomic mass is 10.1. The summed E-state index contributed by atoms with van der Waals surface area (Å²) in [4.78, 5) is 0. The van der Waals surface area contributed by atoms with Gasteiger partial charge in [-0.25, -0.2) is 0 Å². The van der Waals surface area contributed by atoms with E-state index >= 15 is 0 Å². The first-order valence-corrected chi connectivity index (χ1v) is 3.63. The van der Waals surface area contributed by atoms with Gasteiger partial charge in [0.15, 0.2) is 0 Å². The van der Waals surface area contributed by atoms with Gasteiger partial charge < -0.3 is 9.47 Å². The van der Waals surface area contributed by atoms with Crippen LogP contribution in [0.3, 0.4) is 0 Å². The second-order valence-corrected chi connectivity index (χ2v) is 2.39. The molecular weight excluding hydrogens is 116 g/mol. The van der Waals surface area contributed by atoms with E-state index in [1.165, 1.54) is 12.8 Å². The Kier molecular flexibility index (Phi) is 3.01. The third kappa shape index (κ3) is 2.33. The standard InChI is InChI=1S/C7H14O2/c1-2-3-7-4-5-8-6-9-7/h7H,2-6H2,1H3. The number of hydrogen-bond acceptors (Lipinski definition) is 2. The molecule has 1 rings (SSSR count). The molecule has 0 aromatic carbocycles. The fourth-order valence-electron chi connectivity index (χ4n) is 1.05. The van der Waals surface area contributed by atoms with Crippen molar-refractivity contribution in [3.8, 4) is 0 Å². The molecule has 0 aromatic rings. The zero-order chi connectivity index (χ0) is 6.53. The Balaban J connectivity index is 2.08. The lowest BCUT2D eigenvalue weighted by Gasteiger charge is -2.21. The highest BCUT2D eigenvalue weighted by Crippen LogP contribution is 2.10. The molecule has 1 fully saturated rings. The molecule has 0 radical (unpaired) electrons. The van der Waals surface area contributed by atoms with Crippen LogP contribution in [0.2, 0.25) is 0 Å². The lowest BCUT2D eigenvalue weighted by Crippen LogP contribution is -2.23. The molecule has 0 N–H and O–H groups in total. The quantitative estimate of drug-likeness (QED) is 0.564. The Hall–Kier alpha value is -0.0800. The fraction of sp³-hybridized carbons (Fsp3) is 1.00. The van der Waals surface area contributed by atoms with Gasteiger partial charge in [0.25, 0.3) is 0 Å². The van der Waals surface area contributed by atoms with Crippen molar-refractivity contribution in [3.05, 3.63) is 0 Å². The fourth-order valence-corrected chi connectivity index (χ4v) is 1.05. The van der Waals surface area contributed by atoms with Gasteiger partial charge in [-0.05, 0) is 12.8 Å². The lowest BCUT2D eigenvalue weighted by molar-refractivity contribution is -0.140. The SMILES string of the molecule is CCCC1CCOCO1. The summed E-state index contributed by atoms with van der Waals surface area (Å²) in [5.41, 5.74) is 0. The third-order valence-corrected chi connectivity index (χ3v) is 1.58. The average molecular weight is 130 g/mol. The highest BCUT2D eigenvalue weighted by Gasteiger charge is 2.11. The summed E-state index contributed by atoms with van der Waals surface area (Å²) in [5.74, 6) is 0. The van der Waals surface area contributed by atoms with Crippen LogP contribution in [-0.2, 0) is 9.47 Å². The van der Waals surface area contributed by atoms with E-state index in [-0.39, 0.29) is 0 Å². The van der Waals surface area contributed by atoms with Crippen molar-refractivity contribution in [1.82, 2.24) is 0 Å². The van der Waals surface area contributed by atoms with Crippen LogP contribution < -0.4 is 0 Å². The van der Waals surface area contributed by atoms with Crippen LogP contribution in [0.25, 0.3) is 0 Å². The van der Waals surface area contributed by atoms with Gasteiger partial charge in [0.05, 0.1) is 12.7 Å². The van der Waals surface area contributed by atoms with Gasteiger partial charge in [-0.2, -0.15) is 0 Å². The van der Waals surface area contributed by atoms with Crippen molar-refractivity contribution in [2.45, 2.75) is 32.3 Å². The Morgan fingerprint density at radius 1 is 1.56 bits per heavy atom. The molecular formula is C7H14O2. The van der Waals surface area contributed by atoms with Crippen molar-refractivity contribution in [1.29, 1.82) is 0 Å². The first-order chi connectivity index (χ1) is 4.43. The molecule has 2 nitrogen and oxygen atoms in total. The summed E-state index contributed by atoms with van der Waals surface area (Å²) in [5, 5.41) is 0. The van der Waals surface area contributed by atoms with E-state index in [2.05, 4.69) is 6.92 Å². The average Bonchev–Trinajstić information content (AvgIpc) is 1.91. The van der Waals surface area contributed by atoms with Crippen molar-refractivity contribution >= 4 is 0 Å². The van der Waals surface area contributed by atoms with Crippen LogP contribution >= 0.6 is 0 Å². The second kappa shape index (κ2) is 3.85. The molecule has 54 valence electrons. The van der Waals surface area contributed by atoms with E-state index in [0.717, 1.165) is 13.0 Å². The maximum atomic E-state index is 5.30. The monoisotopic (exact) mass is 130 g/mol. The smallest absolute Gasteiger partial charge is 0.147 e. The van der Waals surface area contributed by atoms with E-state index in [1.807, 2.05) is 0 Å². The van der Waals surface area contributed by atoms with Crippen LogP contribution in [0.1, 0.15) is 26.2 Å². The van der Waals surface area contributed by atoms with Gasteiger partial charge in [0, 0.05) is 0 Å². The minimum atomic E-state index is 0.476. The topological polar surface area (TPSA) is 18.5 Å². The Morgan fingerprint density at radius 2 is 2.44 bits per heavy atom. The molecule has 0 aliphatic carbocycles. The van der Waals surface area contributed by atoms with E-state index in [4.69, 9.17) is 9.47 Å². The van der Waals surface area contributed by atoms with E-state index < -0.39 is 0 Å². The molecule has 1 aliphatic rings. The van der Waals surface area contributed by atoms with Gasteiger partial charge in [-0.15, -0.1) is 0 Å². The summed E-state index contributed by atoms with van der Waals surface area (Å²) >= 11 is 0. The number of ether oxygens (including phenoxy) is 2. The highest BCUT2D eigenvalue weighted by molar-refractivity contribution is 4.58. The first-order valence-electron chi connectivity index (χ1n) is 3.63. The van der Waals surface area contributed by atoms with Crippen LogP contribution in [0.15, 0.2) is 0 Å². The molecule has 0 saturated carbocycles. The molecule has 2 heteroatoms. The Morgan fingerprint density at radius 3 is 3.00 bits per heavy atom. The second-order valence-electron chi connectivity index (χ2n) is 2.39. The van der Waals surface area contributed by atoms with Crippen molar-refractivity contribution < 1.29 is 9.47 Å².